The third-order valence-corrected chi connectivity index (χ3v) is 4.32. The Morgan fingerprint density at radius 2 is 1.53 bits per heavy atom. The Labute approximate surface area is 134 Å². The number of benzene rings is 2. The average molecular weight is 378 g/mol. The van der Waals surface area contributed by atoms with Crippen molar-refractivity contribution in [1.29, 1.82) is 0 Å². The molecule has 0 bridgehead atoms. The van der Waals surface area contributed by atoms with E-state index in [4.69, 9.17) is 34.8 Å². The highest BCUT2D eigenvalue weighted by atomic mass is 79.9. The summed E-state index contributed by atoms with van der Waals surface area (Å²) in [6.45, 7) is 0. The Kier molecular flexibility index (Phi) is 4.91. The summed E-state index contributed by atoms with van der Waals surface area (Å²) in [4.78, 5) is 11.8. The smallest absolute Gasteiger partial charge is 0.180 e. The number of alkyl halides is 1. The number of carbonyl (C=O) groups is 1. The number of ketones is 1. The summed E-state index contributed by atoms with van der Waals surface area (Å²) in [5.74, 6) is -0.0825. The maximum Gasteiger partial charge on any atom is 0.180 e. The molecule has 0 heterocycles. The number of carbonyl (C=O) groups excluding carboxylic acids is 1. The van der Waals surface area contributed by atoms with Crippen molar-refractivity contribution in [3.63, 3.8) is 0 Å². The first kappa shape index (κ1) is 14.9. The lowest BCUT2D eigenvalue weighted by molar-refractivity contribution is 0.0991. The van der Waals surface area contributed by atoms with Crippen molar-refractivity contribution in [2.45, 2.75) is 4.83 Å². The van der Waals surface area contributed by atoms with Crippen LogP contribution in [-0.4, -0.2) is 5.78 Å². The topological polar surface area (TPSA) is 17.1 Å². The monoisotopic (exact) mass is 376 g/mol. The highest BCUT2D eigenvalue weighted by molar-refractivity contribution is 9.09. The third-order valence-electron chi connectivity index (χ3n) is 2.59. The van der Waals surface area contributed by atoms with Crippen molar-refractivity contribution in [2.75, 3.05) is 0 Å². The fourth-order valence-electron chi connectivity index (χ4n) is 1.61. The van der Waals surface area contributed by atoms with E-state index in [2.05, 4.69) is 15.9 Å². The molecule has 0 unspecified atom stereocenters. The zero-order valence-electron chi connectivity index (χ0n) is 9.54. The maximum atomic E-state index is 12.3. The molecule has 0 saturated heterocycles. The Morgan fingerprint density at radius 1 is 0.947 bits per heavy atom. The summed E-state index contributed by atoms with van der Waals surface area (Å²) in [7, 11) is 0. The van der Waals surface area contributed by atoms with Crippen LogP contribution in [0.1, 0.15) is 20.7 Å². The molecule has 0 spiro atoms. The van der Waals surface area contributed by atoms with Gasteiger partial charge >= 0.3 is 0 Å². The van der Waals surface area contributed by atoms with Gasteiger partial charge in [-0.15, -0.1) is 0 Å². The maximum absolute atomic E-state index is 12.3. The molecule has 1 nitrogen and oxygen atoms in total. The molecule has 0 aliphatic heterocycles. The molecular weight excluding hydrogens is 370 g/mol. The van der Waals surface area contributed by atoms with Gasteiger partial charge in [0.2, 0.25) is 0 Å². The predicted octanol–water partition coefficient (Wildman–Crippen LogP) is 5.97. The van der Waals surface area contributed by atoms with Crippen LogP contribution >= 0.6 is 50.7 Å². The van der Waals surface area contributed by atoms with Gasteiger partial charge in [-0.25, -0.2) is 0 Å². The minimum atomic E-state index is -0.515. The van der Waals surface area contributed by atoms with Crippen LogP contribution in [0, 0.1) is 0 Å². The molecule has 98 valence electrons. The van der Waals surface area contributed by atoms with Gasteiger partial charge in [-0.3, -0.25) is 4.79 Å². The summed E-state index contributed by atoms with van der Waals surface area (Å²) in [6.07, 6.45) is 0. The van der Waals surface area contributed by atoms with E-state index in [0.717, 1.165) is 0 Å². The molecule has 0 saturated carbocycles. The second kappa shape index (κ2) is 6.27. The SMILES string of the molecule is O=C(c1ccc(Cl)cc1)[C@@H](Br)c1ccc(Cl)cc1Cl. The standard InChI is InChI=1S/C14H8BrCl3O/c15-13(11-6-5-10(17)7-12(11)18)14(19)8-1-3-9(16)4-2-8/h1-7,13H/t13-/m0/s1. The van der Waals surface area contributed by atoms with E-state index in [-0.39, 0.29) is 5.78 Å². The molecule has 1 atom stereocenters. The molecule has 5 heteroatoms. The van der Waals surface area contributed by atoms with E-state index in [0.29, 0.717) is 26.2 Å². The quantitative estimate of drug-likeness (QED) is 0.475. The second-order valence-electron chi connectivity index (χ2n) is 3.90. The third kappa shape index (κ3) is 3.51. The van der Waals surface area contributed by atoms with E-state index in [1.54, 1.807) is 42.5 Å². The zero-order valence-corrected chi connectivity index (χ0v) is 13.4. The van der Waals surface area contributed by atoms with Gasteiger partial charge in [0, 0.05) is 20.6 Å². The molecule has 0 aliphatic carbocycles. The largest absolute Gasteiger partial charge is 0.293 e. The van der Waals surface area contributed by atoms with Crippen molar-refractivity contribution in [2.24, 2.45) is 0 Å². The number of hydrogen-bond donors (Lipinski definition) is 0. The van der Waals surface area contributed by atoms with Gasteiger partial charge in [-0.1, -0.05) is 56.8 Å². The molecule has 0 aromatic heterocycles. The molecule has 19 heavy (non-hydrogen) atoms. The number of halogens is 4. The van der Waals surface area contributed by atoms with Crippen molar-refractivity contribution >= 4 is 56.5 Å². The number of hydrogen-bond acceptors (Lipinski definition) is 1. The van der Waals surface area contributed by atoms with Crippen molar-refractivity contribution in [3.05, 3.63) is 68.7 Å². The fourth-order valence-corrected chi connectivity index (χ4v) is 3.05. The van der Waals surface area contributed by atoms with Crippen LogP contribution in [-0.2, 0) is 0 Å². The van der Waals surface area contributed by atoms with Crippen LogP contribution in [0.25, 0.3) is 0 Å². The molecule has 0 aliphatic rings. The van der Waals surface area contributed by atoms with Crippen LogP contribution < -0.4 is 0 Å². The van der Waals surface area contributed by atoms with Gasteiger partial charge in [0.05, 0.1) is 0 Å². The minimum Gasteiger partial charge on any atom is -0.293 e. The van der Waals surface area contributed by atoms with Gasteiger partial charge in [0.1, 0.15) is 4.83 Å². The Balaban J connectivity index is 2.30. The van der Waals surface area contributed by atoms with Crippen LogP contribution in [0.15, 0.2) is 42.5 Å². The average Bonchev–Trinajstić information content (AvgIpc) is 2.38. The van der Waals surface area contributed by atoms with Crippen molar-refractivity contribution in [1.82, 2.24) is 0 Å². The van der Waals surface area contributed by atoms with Gasteiger partial charge in [-0.2, -0.15) is 0 Å². The minimum absolute atomic E-state index is 0.0825. The van der Waals surface area contributed by atoms with E-state index in [9.17, 15) is 4.79 Å². The first-order valence-electron chi connectivity index (χ1n) is 5.38. The Morgan fingerprint density at radius 3 is 2.11 bits per heavy atom. The van der Waals surface area contributed by atoms with Crippen LogP contribution in [0.5, 0.6) is 0 Å². The lowest BCUT2D eigenvalue weighted by Crippen LogP contribution is -2.07. The molecule has 2 rings (SSSR count). The molecule has 0 N–H and O–H groups in total. The lowest BCUT2D eigenvalue weighted by atomic mass is 10.0. The first-order chi connectivity index (χ1) is 8.99. The van der Waals surface area contributed by atoms with Gasteiger partial charge in [0.25, 0.3) is 0 Å². The van der Waals surface area contributed by atoms with Crippen LogP contribution in [0.2, 0.25) is 15.1 Å². The fraction of sp³-hybridized carbons (Fsp3) is 0.0714. The molecule has 0 radical (unpaired) electrons. The van der Waals surface area contributed by atoms with E-state index in [1.807, 2.05) is 0 Å². The normalized spacial score (nSPS) is 12.2. The second-order valence-corrected chi connectivity index (χ2v) is 6.10. The molecule has 0 amide bonds. The van der Waals surface area contributed by atoms with E-state index in [1.165, 1.54) is 0 Å². The van der Waals surface area contributed by atoms with Gasteiger partial charge in [0.15, 0.2) is 5.78 Å². The highest BCUT2D eigenvalue weighted by Crippen LogP contribution is 2.34. The van der Waals surface area contributed by atoms with Crippen LogP contribution in [0.4, 0.5) is 0 Å². The summed E-state index contributed by atoms with van der Waals surface area (Å²) in [5.41, 5.74) is 1.25. The molecular formula is C14H8BrCl3O. The summed E-state index contributed by atoms with van der Waals surface area (Å²) < 4.78 is 0. The van der Waals surface area contributed by atoms with Crippen molar-refractivity contribution in [3.8, 4) is 0 Å². The number of Topliss-reactive ketones (excluding diaryl/α,β-unsaturated/α-hetero) is 1. The summed E-state index contributed by atoms with van der Waals surface area (Å²) >= 11 is 21.1. The number of rotatable bonds is 3. The van der Waals surface area contributed by atoms with E-state index < -0.39 is 4.83 Å². The van der Waals surface area contributed by atoms with Crippen LogP contribution in [0.3, 0.4) is 0 Å². The predicted molar refractivity (Wildman–Crippen MR) is 83.9 cm³/mol. The molecule has 2 aromatic rings. The highest BCUT2D eigenvalue weighted by Gasteiger charge is 2.21. The van der Waals surface area contributed by atoms with Crippen molar-refractivity contribution < 1.29 is 4.79 Å². The molecule has 2 aromatic carbocycles. The Hall–Kier alpha value is -0.540. The lowest BCUT2D eigenvalue weighted by Gasteiger charge is -2.11. The van der Waals surface area contributed by atoms with E-state index >= 15 is 0 Å². The molecule has 0 fully saturated rings. The van der Waals surface area contributed by atoms with Gasteiger partial charge < -0.3 is 0 Å². The van der Waals surface area contributed by atoms with Gasteiger partial charge in [-0.05, 0) is 42.0 Å². The summed E-state index contributed by atoms with van der Waals surface area (Å²) in [6, 6.07) is 11.8. The first-order valence-corrected chi connectivity index (χ1v) is 7.43. The summed E-state index contributed by atoms with van der Waals surface area (Å²) in [5, 5.41) is 1.58. The zero-order chi connectivity index (χ0) is 14.0. The Bertz CT molecular complexity index is 611.